The molecule has 0 unspecified atom stereocenters. The van der Waals surface area contributed by atoms with Crippen LogP contribution in [0.1, 0.15) is 53.7 Å². The maximum atomic E-state index is 13.4. The maximum absolute atomic E-state index is 13.4. The standard InChI is InChI=1S/C29H32N4O7S/c1-19-16-25(40-32-19)28(34)39-15-14-38-27-23(17-20-8-6-7-9-24(20)37-5)26(30-18-31-27)33-41(35,36)22-12-10-21(11-13-22)29(2,3)4/h6-13,16,18H,14-15,17H2,1-5H3,(H,30,31,33). The quantitative estimate of drug-likeness (QED) is 0.196. The molecule has 11 nitrogen and oxygen atoms in total. The first-order valence-electron chi connectivity index (χ1n) is 12.8. The predicted molar refractivity (Wildman–Crippen MR) is 151 cm³/mol. The van der Waals surface area contributed by atoms with Gasteiger partial charge >= 0.3 is 5.97 Å². The lowest BCUT2D eigenvalue weighted by Gasteiger charge is -2.19. The van der Waals surface area contributed by atoms with Gasteiger partial charge in [0.25, 0.3) is 10.0 Å². The van der Waals surface area contributed by atoms with Crippen LogP contribution in [0.2, 0.25) is 0 Å². The van der Waals surface area contributed by atoms with Gasteiger partial charge < -0.3 is 18.7 Å². The average Bonchev–Trinajstić information content (AvgIpc) is 3.38. The van der Waals surface area contributed by atoms with Crippen molar-refractivity contribution in [2.24, 2.45) is 0 Å². The van der Waals surface area contributed by atoms with Crippen LogP contribution in [-0.4, -0.2) is 49.8 Å². The van der Waals surface area contributed by atoms with Gasteiger partial charge in [0.2, 0.25) is 11.6 Å². The number of hydrogen-bond acceptors (Lipinski definition) is 10. The summed E-state index contributed by atoms with van der Waals surface area (Å²) in [5.74, 6) is 0.0732. The van der Waals surface area contributed by atoms with Gasteiger partial charge in [0, 0.05) is 12.5 Å². The van der Waals surface area contributed by atoms with E-state index >= 15 is 0 Å². The van der Waals surface area contributed by atoms with Crippen LogP contribution in [0.5, 0.6) is 11.6 Å². The van der Waals surface area contributed by atoms with E-state index in [0.717, 1.165) is 11.1 Å². The van der Waals surface area contributed by atoms with E-state index in [1.165, 1.54) is 12.4 Å². The third-order valence-corrected chi connectivity index (χ3v) is 7.47. The Morgan fingerprint density at radius 1 is 1.02 bits per heavy atom. The van der Waals surface area contributed by atoms with Crippen LogP contribution in [0.3, 0.4) is 0 Å². The van der Waals surface area contributed by atoms with Gasteiger partial charge in [0.1, 0.15) is 25.3 Å². The number of aryl methyl sites for hydroxylation is 1. The van der Waals surface area contributed by atoms with Crippen LogP contribution < -0.4 is 14.2 Å². The van der Waals surface area contributed by atoms with E-state index in [4.69, 9.17) is 18.7 Å². The number of carbonyl (C=O) groups is 1. The van der Waals surface area contributed by atoms with Crippen molar-refractivity contribution >= 4 is 21.8 Å². The Balaban J connectivity index is 1.58. The Kier molecular flexibility index (Phi) is 8.92. The minimum Gasteiger partial charge on any atom is -0.496 e. The van der Waals surface area contributed by atoms with Crippen molar-refractivity contribution in [2.75, 3.05) is 25.0 Å². The monoisotopic (exact) mass is 580 g/mol. The van der Waals surface area contributed by atoms with Crippen molar-refractivity contribution in [1.29, 1.82) is 0 Å². The lowest BCUT2D eigenvalue weighted by Crippen LogP contribution is -2.18. The van der Waals surface area contributed by atoms with E-state index in [2.05, 4.69) is 40.6 Å². The topological polar surface area (TPSA) is 143 Å². The second-order valence-electron chi connectivity index (χ2n) is 10.2. The number of nitrogens with zero attached hydrogens (tertiary/aromatic N) is 3. The molecule has 0 bridgehead atoms. The SMILES string of the molecule is COc1ccccc1Cc1c(NS(=O)(=O)c2ccc(C(C)(C)C)cc2)ncnc1OCCOC(=O)c1cc(C)no1. The first-order valence-corrected chi connectivity index (χ1v) is 14.3. The van der Waals surface area contributed by atoms with E-state index < -0.39 is 16.0 Å². The van der Waals surface area contributed by atoms with Gasteiger partial charge in [-0.1, -0.05) is 56.3 Å². The third kappa shape index (κ3) is 7.40. The normalized spacial score (nSPS) is 11.6. The number of hydrogen-bond donors (Lipinski definition) is 1. The molecule has 2 aromatic carbocycles. The predicted octanol–water partition coefficient (Wildman–Crippen LogP) is 4.71. The second-order valence-corrected chi connectivity index (χ2v) is 11.9. The van der Waals surface area contributed by atoms with E-state index in [0.29, 0.717) is 17.0 Å². The number of rotatable bonds is 11. The molecule has 4 rings (SSSR count). The van der Waals surface area contributed by atoms with Crippen molar-refractivity contribution in [3.63, 3.8) is 0 Å². The van der Waals surface area contributed by atoms with Gasteiger partial charge in [-0.15, -0.1) is 0 Å². The first-order chi connectivity index (χ1) is 19.5. The molecule has 0 radical (unpaired) electrons. The smallest absolute Gasteiger partial charge is 0.377 e. The highest BCUT2D eigenvalue weighted by Crippen LogP contribution is 2.31. The molecule has 4 aromatic rings. The molecular weight excluding hydrogens is 548 g/mol. The summed E-state index contributed by atoms with van der Waals surface area (Å²) in [7, 11) is -2.45. The molecular formula is C29H32N4O7S. The molecule has 216 valence electrons. The number of nitrogens with one attached hydrogen (secondary N) is 1. The highest BCUT2D eigenvalue weighted by molar-refractivity contribution is 7.92. The number of ether oxygens (including phenoxy) is 3. The van der Waals surface area contributed by atoms with E-state index in [-0.39, 0.29) is 47.4 Å². The number of methoxy groups -OCH3 is 1. The fraction of sp³-hybridized carbons (Fsp3) is 0.310. The van der Waals surface area contributed by atoms with Crippen molar-refractivity contribution in [3.8, 4) is 11.6 Å². The summed E-state index contributed by atoms with van der Waals surface area (Å²) in [6.07, 6.45) is 1.39. The number of esters is 1. The van der Waals surface area contributed by atoms with Crippen LogP contribution in [0.15, 0.2) is 70.3 Å². The molecule has 0 saturated heterocycles. The summed E-state index contributed by atoms with van der Waals surface area (Å²) in [5, 5.41) is 3.66. The zero-order valence-electron chi connectivity index (χ0n) is 23.5. The first kappa shape index (κ1) is 29.5. The third-order valence-electron chi connectivity index (χ3n) is 6.11. The number of benzene rings is 2. The molecule has 0 amide bonds. The van der Waals surface area contributed by atoms with Crippen molar-refractivity contribution in [3.05, 3.63) is 89.1 Å². The lowest BCUT2D eigenvalue weighted by atomic mass is 9.87. The average molecular weight is 581 g/mol. The molecule has 0 atom stereocenters. The number of sulfonamides is 1. The van der Waals surface area contributed by atoms with Gasteiger partial charge in [-0.05, 0) is 41.7 Å². The van der Waals surface area contributed by atoms with Crippen molar-refractivity contribution in [1.82, 2.24) is 15.1 Å². The fourth-order valence-corrected chi connectivity index (χ4v) is 4.97. The van der Waals surface area contributed by atoms with Gasteiger partial charge in [-0.2, -0.15) is 0 Å². The lowest BCUT2D eigenvalue weighted by molar-refractivity contribution is 0.0402. The molecule has 0 aliphatic heterocycles. The minimum atomic E-state index is -4.00. The molecule has 2 aromatic heterocycles. The van der Waals surface area contributed by atoms with Gasteiger partial charge in [-0.3, -0.25) is 4.72 Å². The molecule has 0 saturated carbocycles. The van der Waals surface area contributed by atoms with Crippen LogP contribution in [0, 0.1) is 6.92 Å². The maximum Gasteiger partial charge on any atom is 0.377 e. The van der Waals surface area contributed by atoms with Gasteiger partial charge in [-0.25, -0.2) is 23.2 Å². The van der Waals surface area contributed by atoms with Crippen molar-refractivity contribution in [2.45, 2.75) is 44.4 Å². The van der Waals surface area contributed by atoms with Crippen LogP contribution in [0.25, 0.3) is 0 Å². The summed E-state index contributed by atoms with van der Waals surface area (Å²) in [6, 6.07) is 15.5. The van der Waals surface area contributed by atoms with Crippen molar-refractivity contribution < 1.29 is 31.9 Å². The Morgan fingerprint density at radius 2 is 1.76 bits per heavy atom. The summed E-state index contributed by atoms with van der Waals surface area (Å²) in [6.45, 7) is 7.67. The number of para-hydroxylation sites is 1. The van der Waals surface area contributed by atoms with E-state index in [9.17, 15) is 13.2 Å². The zero-order chi connectivity index (χ0) is 29.6. The molecule has 41 heavy (non-hydrogen) atoms. The molecule has 0 fully saturated rings. The minimum absolute atomic E-state index is 0.0198. The molecule has 0 aliphatic rings. The summed E-state index contributed by atoms with van der Waals surface area (Å²) in [4.78, 5) is 20.7. The highest BCUT2D eigenvalue weighted by atomic mass is 32.2. The Morgan fingerprint density at radius 3 is 2.41 bits per heavy atom. The van der Waals surface area contributed by atoms with E-state index in [1.54, 1.807) is 44.4 Å². The summed E-state index contributed by atoms with van der Waals surface area (Å²) >= 11 is 0. The largest absolute Gasteiger partial charge is 0.496 e. The molecule has 2 heterocycles. The molecule has 1 N–H and O–H groups in total. The number of aromatic nitrogens is 3. The number of anilines is 1. The fourth-order valence-electron chi connectivity index (χ4n) is 3.93. The second kappa shape index (κ2) is 12.4. The summed E-state index contributed by atoms with van der Waals surface area (Å²) < 4.78 is 50.7. The van der Waals surface area contributed by atoms with Crippen LogP contribution in [-0.2, 0) is 26.6 Å². The number of carbonyl (C=O) groups excluding carboxylic acids is 1. The highest BCUT2D eigenvalue weighted by Gasteiger charge is 2.23. The molecule has 0 aliphatic carbocycles. The van der Waals surface area contributed by atoms with Gasteiger partial charge in [0.05, 0.1) is 23.3 Å². The van der Waals surface area contributed by atoms with E-state index in [1.807, 2.05) is 18.2 Å². The molecule has 12 heteroatoms. The van der Waals surface area contributed by atoms with Crippen LogP contribution in [0.4, 0.5) is 5.82 Å². The van der Waals surface area contributed by atoms with Gasteiger partial charge in [0.15, 0.2) is 5.82 Å². The molecule has 0 spiro atoms. The summed E-state index contributed by atoms with van der Waals surface area (Å²) in [5.41, 5.74) is 2.57. The zero-order valence-corrected chi connectivity index (χ0v) is 24.3. The van der Waals surface area contributed by atoms with Crippen LogP contribution >= 0.6 is 0 Å². The Bertz CT molecular complexity index is 1610. The Hall–Kier alpha value is -4.45. The Labute approximate surface area is 238 Å².